The molecule has 2 rings (SSSR count). The highest BCUT2D eigenvalue weighted by Gasteiger charge is 2.25. The van der Waals surface area contributed by atoms with Crippen molar-refractivity contribution in [3.8, 4) is 0 Å². The molecular weight excluding hydrogens is 304 g/mol. The largest absolute Gasteiger partial charge is 0.346 e. The Labute approximate surface area is 156 Å². The first kappa shape index (κ1) is 20.1. The van der Waals surface area contributed by atoms with Gasteiger partial charge in [0.05, 0.1) is 11.4 Å². The van der Waals surface area contributed by atoms with Crippen LogP contribution in [0.25, 0.3) is 0 Å². The second kappa shape index (κ2) is 12.2. The molecule has 0 unspecified atom stereocenters. The summed E-state index contributed by atoms with van der Waals surface area (Å²) in [6.45, 7) is 9.26. The highest BCUT2D eigenvalue weighted by Crippen LogP contribution is 2.38. The third-order valence-electron chi connectivity index (χ3n) is 5.28. The molecule has 0 saturated carbocycles. The van der Waals surface area contributed by atoms with E-state index in [-0.39, 0.29) is 0 Å². The van der Waals surface area contributed by atoms with Gasteiger partial charge in [-0.25, -0.2) is 0 Å². The molecule has 0 spiro atoms. The lowest BCUT2D eigenvalue weighted by Crippen LogP contribution is -2.26. The van der Waals surface area contributed by atoms with Crippen molar-refractivity contribution >= 4 is 11.4 Å². The summed E-state index contributed by atoms with van der Waals surface area (Å²) in [6, 6.07) is 8.92. The van der Waals surface area contributed by atoms with Gasteiger partial charge in [0.2, 0.25) is 0 Å². The molecular formula is C23H39N2. The lowest BCUT2D eigenvalue weighted by Gasteiger charge is -2.20. The molecule has 1 aliphatic heterocycles. The molecule has 0 amide bonds. The summed E-state index contributed by atoms with van der Waals surface area (Å²) in [7, 11) is 0. The molecule has 1 heterocycles. The molecule has 2 nitrogen and oxygen atoms in total. The molecule has 2 heteroatoms. The minimum absolute atomic E-state index is 1.16. The van der Waals surface area contributed by atoms with Crippen LogP contribution in [0.4, 0.5) is 11.4 Å². The van der Waals surface area contributed by atoms with Gasteiger partial charge in [-0.05, 0) is 25.0 Å². The van der Waals surface area contributed by atoms with Crippen LogP contribution in [0.1, 0.15) is 90.9 Å². The maximum Gasteiger partial charge on any atom is 0.142 e. The summed E-state index contributed by atoms with van der Waals surface area (Å²) in [5, 5.41) is 0. The van der Waals surface area contributed by atoms with E-state index in [1.807, 2.05) is 0 Å². The van der Waals surface area contributed by atoms with Crippen molar-refractivity contribution in [1.82, 2.24) is 0 Å². The van der Waals surface area contributed by atoms with E-state index in [2.05, 4.69) is 54.6 Å². The Bertz CT molecular complexity index is 416. The number of unbranched alkanes of at least 4 members (excludes halogenated alkanes) is 10. The number of hydrogen-bond acceptors (Lipinski definition) is 2. The fourth-order valence-corrected chi connectivity index (χ4v) is 3.72. The van der Waals surface area contributed by atoms with E-state index >= 15 is 0 Å². The first-order valence-electron chi connectivity index (χ1n) is 10.8. The number of benzene rings is 1. The van der Waals surface area contributed by atoms with E-state index in [0.29, 0.717) is 0 Å². The van der Waals surface area contributed by atoms with E-state index < -0.39 is 0 Å². The number of fused-ring (bicyclic) bond motifs is 1. The summed E-state index contributed by atoms with van der Waals surface area (Å²) >= 11 is 0. The van der Waals surface area contributed by atoms with E-state index in [0.717, 1.165) is 13.1 Å². The second-order valence-corrected chi connectivity index (χ2v) is 7.53. The van der Waals surface area contributed by atoms with Crippen molar-refractivity contribution < 1.29 is 0 Å². The fourth-order valence-electron chi connectivity index (χ4n) is 3.72. The van der Waals surface area contributed by atoms with E-state index in [9.17, 15) is 0 Å². The first-order chi connectivity index (χ1) is 12.4. The third-order valence-corrected chi connectivity index (χ3v) is 5.28. The van der Waals surface area contributed by atoms with Crippen LogP contribution in [0.3, 0.4) is 0 Å². The maximum absolute atomic E-state index is 2.48. The van der Waals surface area contributed by atoms with Gasteiger partial charge in [-0.2, -0.15) is 0 Å². The van der Waals surface area contributed by atoms with Crippen LogP contribution in [-0.4, -0.2) is 13.1 Å². The molecule has 0 saturated heterocycles. The summed E-state index contributed by atoms with van der Waals surface area (Å²) in [5.74, 6) is 0. The van der Waals surface area contributed by atoms with E-state index in [4.69, 9.17) is 0 Å². The number of hydrogen-bond donors (Lipinski definition) is 0. The molecule has 1 aromatic carbocycles. The van der Waals surface area contributed by atoms with Crippen LogP contribution in [0, 0.1) is 6.67 Å². The summed E-state index contributed by atoms with van der Waals surface area (Å²) in [5.41, 5.74) is 2.81. The monoisotopic (exact) mass is 343 g/mol. The molecule has 0 aliphatic carbocycles. The second-order valence-electron chi connectivity index (χ2n) is 7.53. The normalized spacial score (nSPS) is 13.5. The minimum Gasteiger partial charge on any atom is -0.346 e. The molecule has 1 aromatic rings. The van der Waals surface area contributed by atoms with Crippen LogP contribution < -0.4 is 9.80 Å². The van der Waals surface area contributed by atoms with Gasteiger partial charge in [0.1, 0.15) is 6.67 Å². The Balaban J connectivity index is 1.72. The summed E-state index contributed by atoms with van der Waals surface area (Å²) in [6.07, 6.45) is 16.4. The Morgan fingerprint density at radius 3 is 1.40 bits per heavy atom. The molecule has 0 N–H and O–H groups in total. The predicted octanol–water partition coefficient (Wildman–Crippen LogP) is 7.15. The standard InChI is InChI=1S/C23H39N2/c1-3-5-7-9-11-15-19-24-21-25(20-16-12-10-8-6-4-2)23-18-14-13-17-22(23)24/h13-14,17-18,21H,3-12,15-16,19-20H2,1-2H3. The number of para-hydroxylation sites is 2. The van der Waals surface area contributed by atoms with Crippen molar-refractivity contribution in [3.05, 3.63) is 30.9 Å². The SMILES string of the molecule is CCCCCCCCN1[CH]N(CCCCCCCC)c2ccccc21. The van der Waals surface area contributed by atoms with Crippen molar-refractivity contribution in [3.63, 3.8) is 0 Å². The van der Waals surface area contributed by atoms with Crippen LogP contribution in [-0.2, 0) is 0 Å². The van der Waals surface area contributed by atoms with Gasteiger partial charge in [0.15, 0.2) is 0 Å². The van der Waals surface area contributed by atoms with Gasteiger partial charge in [0, 0.05) is 13.1 Å². The molecule has 1 radical (unpaired) electrons. The summed E-state index contributed by atoms with van der Waals surface area (Å²) < 4.78 is 0. The highest BCUT2D eigenvalue weighted by atomic mass is 15.4. The quantitative estimate of drug-likeness (QED) is 0.331. The molecule has 0 aromatic heterocycles. The fraction of sp³-hybridized carbons (Fsp3) is 0.696. The van der Waals surface area contributed by atoms with Gasteiger partial charge >= 0.3 is 0 Å². The first-order valence-corrected chi connectivity index (χ1v) is 10.8. The average molecular weight is 344 g/mol. The topological polar surface area (TPSA) is 6.48 Å². The van der Waals surface area contributed by atoms with E-state index in [1.165, 1.54) is 88.4 Å². The molecule has 0 fully saturated rings. The highest BCUT2D eigenvalue weighted by molar-refractivity contribution is 5.78. The Kier molecular flexibility index (Phi) is 9.84. The van der Waals surface area contributed by atoms with Crippen LogP contribution in [0.15, 0.2) is 24.3 Å². The van der Waals surface area contributed by atoms with Crippen LogP contribution in [0.5, 0.6) is 0 Å². The average Bonchev–Trinajstić information content (AvgIpc) is 2.99. The van der Waals surface area contributed by atoms with Crippen molar-refractivity contribution in [2.45, 2.75) is 90.9 Å². The van der Waals surface area contributed by atoms with Gasteiger partial charge in [-0.15, -0.1) is 0 Å². The number of nitrogens with zero attached hydrogens (tertiary/aromatic N) is 2. The molecule has 141 valence electrons. The van der Waals surface area contributed by atoms with Gasteiger partial charge in [-0.3, -0.25) is 0 Å². The minimum atomic E-state index is 1.16. The zero-order valence-corrected chi connectivity index (χ0v) is 16.7. The molecule has 0 atom stereocenters. The zero-order valence-electron chi connectivity index (χ0n) is 16.7. The van der Waals surface area contributed by atoms with Gasteiger partial charge < -0.3 is 9.80 Å². The van der Waals surface area contributed by atoms with Crippen LogP contribution >= 0.6 is 0 Å². The Hall–Kier alpha value is -1.18. The van der Waals surface area contributed by atoms with Gasteiger partial charge in [-0.1, -0.05) is 90.2 Å². The van der Waals surface area contributed by atoms with Crippen molar-refractivity contribution in [2.75, 3.05) is 22.9 Å². The molecule has 1 aliphatic rings. The number of rotatable bonds is 14. The van der Waals surface area contributed by atoms with Crippen molar-refractivity contribution in [1.29, 1.82) is 0 Å². The van der Waals surface area contributed by atoms with Crippen molar-refractivity contribution in [2.24, 2.45) is 0 Å². The van der Waals surface area contributed by atoms with E-state index in [1.54, 1.807) is 0 Å². The Morgan fingerprint density at radius 2 is 0.960 bits per heavy atom. The number of anilines is 2. The predicted molar refractivity (Wildman–Crippen MR) is 112 cm³/mol. The Morgan fingerprint density at radius 1 is 0.560 bits per heavy atom. The molecule has 0 bridgehead atoms. The molecule has 25 heavy (non-hydrogen) atoms. The maximum atomic E-state index is 2.48. The smallest absolute Gasteiger partial charge is 0.142 e. The van der Waals surface area contributed by atoms with Gasteiger partial charge in [0.25, 0.3) is 0 Å². The lowest BCUT2D eigenvalue weighted by atomic mass is 10.1. The lowest BCUT2D eigenvalue weighted by molar-refractivity contribution is 0.598. The van der Waals surface area contributed by atoms with Crippen LogP contribution in [0.2, 0.25) is 0 Å². The summed E-state index contributed by atoms with van der Waals surface area (Å²) in [4.78, 5) is 4.96. The zero-order chi connectivity index (χ0) is 17.7. The third kappa shape index (κ3) is 6.92.